The number of aromatic nitrogens is 2. The van der Waals surface area contributed by atoms with E-state index in [0.29, 0.717) is 19.0 Å². The highest BCUT2D eigenvalue weighted by Crippen LogP contribution is 2.45. The lowest BCUT2D eigenvalue weighted by molar-refractivity contribution is -0.141. The highest BCUT2D eigenvalue weighted by Gasteiger charge is 2.55. The van der Waals surface area contributed by atoms with Crippen LogP contribution in [0.25, 0.3) is 0 Å². The van der Waals surface area contributed by atoms with Crippen molar-refractivity contribution in [2.45, 2.75) is 13.3 Å². The first-order chi connectivity index (χ1) is 10.9. The van der Waals surface area contributed by atoms with Crippen LogP contribution in [-0.2, 0) is 9.59 Å². The number of nitrogens with zero attached hydrogens (tertiary/aromatic N) is 5. The van der Waals surface area contributed by atoms with E-state index < -0.39 is 5.41 Å². The monoisotopic (exact) mass is 317 g/mol. The highest BCUT2D eigenvalue weighted by molar-refractivity contribution is 5.90. The number of carbonyl (C=O) groups is 2. The van der Waals surface area contributed by atoms with Crippen molar-refractivity contribution in [3.05, 3.63) is 18.5 Å². The van der Waals surface area contributed by atoms with E-state index in [2.05, 4.69) is 21.8 Å². The number of hydrogen-bond donors (Lipinski definition) is 0. The summed E-state index contributed by atoms with van der Waals surface area (Å²) in [5.41, 5.74) is -0.411. The summed E-state index contributed by atoms with van der Waals surface area (Å²) in [4.78, 5) is 38.8. The predicted octanol–water partition coefficient (Wildman–Crippen LogP) is 0.240. The number of rotatable bonds is 3. The van der Waals surface area contributed by atoms with Gasteiger partial charge in [-0.2, -0.15) is 0 Å². The van der Waals surface area contributed by atoms with Gasteiger partial charge in [0.05, 0.1) is 12.0 Å². The molecule has 0 unspecified atom stereocenters. The zero-order valence-electron chi connectivity index (χ0n) is 13.9. The number of hydrogen-bond acceptors (Lipinski definition) is 5. The third-order valence-corrected chi connectivity index (χ3v) is 5.11. The second kappa shape index (κ2) is 5.79. The van der Waals surface area contributed by atoms with Gasteiger partial charge in [-0.15, -0.1) is 0 Å². The van der Waals surface area contributed by atoms with Crippen LogP contribution in [0, 0.1) is 11.3 Å². The van der Waals surface area contributed by atoms with E-state index in [-0.39, 0.29) is 24.3 Å². The Morgan fingerprint density at radius 1 is 1.39 bits per heavy atom. The Bertz CT molecular complexity index is 606. The summed E-state index contributed by atoms with van der Waals surface area (Å²) in [6.07, 6.45) is 4.23. The minimum atomic E-state index is -0.411. The predicted molar refractivity (Wildman–Crippen MR) is 85.7 cm³/mol. The summed E-state index contributed by atoms with van der Waals surface area (Å²) in [7, 11) is 3.43. The lowest BCUT2D eigenvalue weighted by atomic mass is 9.78. The molecule has 124 valence electrons. The largest absolute Gasteiger partial charge is 0.347 e. The molecule has 2 aliphatic rings. The maximum Gasteiger partial charge on any atom is 0.241 e. The van der Waals surface area contributed by atoms with Crippen molar-refractivity contribution in [1.82, 2.24) is 19.8 Å². The zero-order chi connectivity index (χ0) is 16.6. The summed E-state index contributed by atoms with van der Waals surface area (Å²) >= 11 is 0. The van der Waals surface area contributed by atoms with Gasteiger partial charge in [0.25, 0.3) is 0 Å². The summed E-state index contributed by atoms with van der Waals surface area (Å²) in [5.74, 6) is 0.952. The molecule has 0 aromatic carbocycles. The molecule has 0 aliphatic carbocycles. The molecule has 2 amide bonds. The van der Waals surface area contributed by atoms with E-state index in [4.69, 9.17) is 0 Å². The molecule has 1 spiro atoms. The normalized spacial score (nSPS) is 27.1. The van der Waals surface area contributed by atoms with Crippen LogP contribution in [0.3, 0.4) is 0 Å². The Morgan fingerprint density at radius 3 is 2.74 bits per heavy atom. The van der Waals surface area contributed by atoms with Crippen LogP contribution < -0.4 is 4.90 Å². The Hall–Kier alpha value is -2.18. The molecule has 2 saturated heterocycles. The van der Waals surface area contributed by atoms with E-state index in [1.165, 1.54) is 4.90 Å². The fourth-order valence-corrected chi connectivity index (χ4v) is 3.59. The molecular weight excluding hydrogens is 294 g/mol. The SMILES string of the molecule is C[C@H]1CN(c2ncccn2)C[C@@]12CCN(CC(=O)N(C)C)C2=O. The van der Waals surface area contributed by atoms with Gasteiger partial charge in [-0.3, -0.25) is 9.59 Å². The van der Waals surface area contributed by atoms with Gasteiger partial charge in [0.15, 0.2) is 0 Å². The van der Waals surface area contributed by atoms with Crippen molar-refractivity contribution in [2.75, 3.05) is 45.2 Å². The molecule has 1 aromatic heterocycles. The summed E-state index contributed by atoms with van der Waals surface area (Å²) in [6, 6.07) is 1.79. The third-order valence-electron chi connectivity index (χ3n) is 5.11. The van der Waals surface area contributed by atoms with Crippen molar-refractivity contribution in [1.29, 1.82) is 0 Å². The minimum Gasteiger partial charge on any atom is -0.347 e. The molecule has 7 heteroatoms. The molecule has 23 heavy (non-hydrogen) atoms. The molecule has 3 heterocycles. The van der Waals surface area contributed by atoms with Crippen molar-refractivity contribution < 1.29 is 9.59 Å². The second-order valence-corrected chi connectivity index (χ2v) is 6.75. The van der Waals surface area contributed by atoms with Crippen LogP contribution in [0.15, 0.2) is 18.5 Å². The van der Waals surface area contributed by atoms with Gasteiger partial charge in [-0.05, 0) is 18.4 Å². The molecule has 1 aromatic rings. The zero-order valence-corrected chi connectivity index (χ0v) is 13.9. The summed E-state index contributed by atoms with van der Waals surface area (Å²) in [5, 5.41) is 0. The van der Waals surface area contributed by atoms with Gasteiger partial charge in [-0.1, -0.05) is 6.92 Å². The molecule has 2 fully saturated rings. The van der Waals surface area contributed by atoms with Crippen LogP contribution in [0.5, 0.6) is 0 Å². The lowest BCUT2D eigenvalue weighted by Crippen LogP contribution is -2.43. The Morgan fingerprint density at radius 2 is 2.09 bits per heavy atom. The van der Waals surface area contributed by atoms with E-state index in [1.807, 2.05) is 0 Å². The van der Waals surface area contributed by atoms with Crippen LogP contribution in [0.2, 0.25) is 0 Å². The Kier molecular flexibility index (Phi) is 3.95. The van der Waals surface area contributed by atoms with Gasteiger partial charge < -0.3 is 14.7 Å². The molecule has 0 N–H and O–H groups in total. The molecule has 3 rings (SSSR count). The lowest BCUT2D eigenvalue weighted by Gasteiger charge is -2.26. The van der Waals surface area contributed by atoms with Crippen molar-refractivity contribution in [3.8, 4) is 0 Å². The van der Waals surface area contributed by atoms with Crippen LogP contribution >= 0.6 is 0 Å². The van der Waals surface area contributed by atoms with Crippen LogP contribution in [-0.4, -0.2) is 71.9 Å². The highest BCUT2D eigenvalue weighted by atomic mass is 16.2. The van der Waals surface area contributed by atoms with Crippen LogP contribution in [0.1, 0.15) is 13.3 Å². The number of likely N-dealkylation sites (N-methyl/N-ethyl adjacent to an activating group) is 1. The maximum atomic E-state index is 13.0. The fraction of sp³-hybridized carbons (Fsp3) is 0.625. The Balaban J connectivity index is 1.75. The average molecular weight is 317 g/mol. The number of amides is 2. The first-order valence-corrected chi connectivity index (χ1v) is 7.95. The van der Waals surface area contributed by atoms with Crippen LogP contribution in [0.4, 0.5) is 5.95 Å². The minimum absolute atomic E-state index is 0.0377. The van der Waals surface area contributed by atoms with Gasteiger partial charge >= 0.3 is 0 Å². The van der Waals surface area contributed by atoms with Gasteiger partial charge in [-0.25, -0.2) is 9.97 Å². The van der Waals surface area contributed by atoms with Gasteiger partial charge in [0.2, 0.25) is 17.8 Å². The summed E-state index contributed by atoms with van der Waals surface area (Å²) < 4.78 is 0. The van der Waals surface area contributed by atoms with E-state index >= 15 is 0 Å². The number of likely N-dealkylation sites (tertiary alicyclic amines) is 1. The smallest absolute Gasteiger partial charge is 0.241 e. The number of carbonyl (C=O) groups excluding carboxylic acids is 2. The maximum absolute atomic E-state index is 13.0. The molecule has 0 radical (unpaired) electrons. The van der Waals surface area contributed by atoms with Crippen molar-refractivity contribution in [3.63, 3.8) is 0 Å². The molecule has 0 bridgehead atoms. The van der Waals surface area contributed by atoms with E-state index in [1.54, 1.807) is 37.5 Å². The molecule has 7 nitrogen and oxygen atoms in total. The second-order valence-electron chi connectivity index (χ2n) is 6.75. The van der Waals surface area contributed by atoms with E-state index in [9.17, 15) is 9.59 Å². The summed E-state index contributed by atoms with van der Waals surface area (Å²) in [6.45, 7) is 4.32. The molecule has 2 aliphatic heterocycles. The standard InChI is InChI=1S/C16H23N5O2/c1-12-9-21(15-17-6-4-7-18-15)11-16(12)5-8-20(14(16)23)10-13(22)19(2)3/h4,6-7,12H,5,8-11H2,1-3H3/t12-,16-/m0/s1. The molecule has 2 atom stereocenters. The van der Waals surface area contributed by atoms with Crippen molar-refractivity contribution >= 4 is 17.8 Å². The molecule has 0 saturated carbocycles. The number of anilines is 1. The fourth-order valence-electron chi connectivity index (χ4n) is 3.59. The average Bonchev–Trinajstić information content (AvgIpc) is 3.04. The van der Waals surface area contributed by atoms with Crippen molar-refractivity contribution in [2.24, 2.45) is 11.3 Å². The topological polar surface area (TPSA) is 69.6 Å². The first-order valence-electron chi connectivity index (χ1n) is 7.95. The third kappa shape index (κ3) is 2.64. The van der Waals surface area contributed by atoms with Gasteiger partial charge in [0, 0.05) is 46.1 Å². The van der Waals surface area contributed by atoms with Gasteiger partial charge in [0.1, 0.15) is 0 Å². The Labute approximate surface area is 136 Å². The molecular formula is C16H23N5O2. The van der Waals surface area contributed by atoms with E-state index in [0.717, 1.165) is 13.0 Å². The first kappa shape index (κ1) is 15.7. The quantitative estimate of drug-likeness (QED) is 0.799.